The predicted octanol–water partition coefficient (Wildman–Crippen LogP) is 5.85. The number of oxazole rings is 1. The van der Waals surface area contributed by atoms with Crippen LogP contribution in [-0.4, -0.2) is 10.9 Å². The average molecular weight is 499 g/mol. The molecule has 0 saturated carbocycles. The number of aromatic nitrogens is 1. The Morgan fingerprint density at radius 3 is 2.83 bits per heavy atom. The van der Waals surface area contributed by atoms with Crippen molar-refractivity contribution in [1.29, 1.82) is 0 Å². The molecule has 1 heterocycles. The van der Waals surface area contributed by atoms with E-state index in [0.717, 1.165) is 24.8 Å². The summed E-state index contributed by atoms with van der Waals surface area (Å²) in [6, 6.07) is 11.5. The molecule has 0 aliphatic rings. The van der Waals surface area contributed by atoms with Gasteiger partial charge in [0.25, 0.3) is 0 Å². The zero-order valence-corrected chi connectivity index (χ0v) is 17.0. The van der Waals surface area contributed by atoms with E-state index in [1.54, 1.807) is 0 Å². The highest BCUT2D eigenvalue weighted by atomic mass is 127. The van der Waals surface area contributed by atoms with E-state index in [9.17, 15) is 4.79 Å². The van der Waals surface area contributed by atoms with Crippen molar-refractivity contribution in [2.24, 2.45) is 5.92 Å². The summed E-state index contributed by atoms with van der Waals surface area (Å²) in [7, 11) is 0. The second-order valence-electron chi connectivity index (χ2n) is 5.97. The first-order chi connectivity index (χ1) is 11.4. The first-order valence-electron chi connectivity index (χ1n) is 7.58. The monoisotopic (exact) mass is 498 g/mol. The van der Waals surface area contributed by atoms with E-state index < -0.39 is 0 Å². The number of amides is 1. The number of carbonyl (C=O) groups excluding carboxylic acids is 1. The van der Waals surface area contributed by atoms with Gasteiger partial charge in [-0.15, -0.1) is 0 Å². The van der Waals surface area contributed by atoms with Gasteiger partial charge >= 0.3 is 0 Å². The Hall–Kier alpha value is -1.41. The van der Waals surface area contributed by atoms with E-state index in [2.05, 4.69) is 48.8 Å². The van der Waals surface area contributed by atoms with Crippen LogP contribution in [0.4, 0.5) is 5.69 Å². The van der Waals surface area contributed by atoms with Crippen molar-refractivity contribution in [3.63, 3.8) is 0 Å². The van der Waals surface area contributed by atoms with Crippen molar-refractivity contribution in [2.45, 2.75) is 20.3 Å². The number of fused-ring (bicyclic) bond motifs is 1. The number of anilines is 1. The predicted molar refractivity (Wildman–Crippen MR) is 108 cm³/mol. The van der Waals surface area contributed by atoms with Gasteiger partial charge in [-0.2, -0.15) is 0 Å². The number of nitrogens with one attached hydrogen (secondary N) is 1. The van der Waals surface area contributed by atoms with E-state index in [1.807, 2.05) is 50.2 Å². The van der Waals surface area contributed by atoms with Crippen LogP contribution in [0.5, 0.6) is 0 Å². The van der Waals surface area contributed by atoms with Crippen LogP contribution in [0.1, 0.15) is 20.3 Å². The van der Waals surface area contributed by atoms with Crippen molar-refractivity contribution in [3.05, 3.63) is 44.4 Å². The molecule has 0 aliphatic heterocycles. The van der Waals surface area contributed by atoms with Gasteiger partial charge in [-0.25, -0.2) is 4.98 Å². The molecule has 0 saturated heterocycles. The molecule has 0 spiro atoms. The Kier molecular flexibility index (Phi) is 5.24. The number of carbonyl (C=O) groups is 1. The largest absolute Gasteiger partial charge is 0.436 e. The van der Waals surface area contributed by atoms with E-state index in [1.165, 1.54) is 0 Å². The number of hydrogen-bond acceptors (Lipinski definition) is 3. The Balaban J connectivity index is 1.92. The number of hydrogen-bond donors (Lipinski definition) is 1. The highest BCUT2D eigenvalue weighted by Gasteiger charge is 2.13. The van der Waals surface area contributed by atoms with Gasteiger partial charge in [0.2, 0.25) is 11.8 Å². The molecule has 4 nitrogen and oxygen atoms in total. The number of rotatable bonds is 4. The third kappa shape index (κ3) is 3.97. The topological polar surface area (TPSA) is 55.1 Å². The fourth-order valence-corrected chi connectivity index (χ4v) is 3.27. The van der Waals surface area contributed by atoms with Crippen LogP contribution in [0, 0.1) is 9.49 Å². The van der Waals surface area contributed by atoms with E-state index in [-0.39, 0.29) is 5.91 Å². The molecular weight excluding hydrogens is 483 g/mol. The highest BCUT2D eigenvalue weighted by Crippen LogP contribution is 2.32. The van der Waals surface area contributed by atoms with E-state index >= 15 is 0 Å². The van der Waals surface area contributed by atoms with Crippen LogP contribution >= 0.6 is 38.5 Å². The lowest BCUT2D eigenvalue weighted by atomic mass is 10.1. The molecule has 0 bridgehead atoms. The summed E-state index contributed by atoms with van der Waals surface area (Å²) >= 11 is 5.79. The molecule has 3 aromatic rings. The minimum Gasteiger partial charge on any atom is -0.436 e. The lowest BCUT2D eigenvalue weighted by Gasteiger charge is -2.06. The van der Waals surface area contributed by atoms with Crippen molar-refractivity contribution < 1.29 is 9.21 Å². The molecular formula is C18H16BrIN2O2. The van der Waals surface area contributed by atoms with Crippen LogP contribution in [0.3, 0.4) is 0 Å². The molecule has 3 rings (SSSR count). The molecule has 0 atom stereocenters. The van der Waals surface area contributed by atoms with Gasteiger partial charge in [-0.3, -0.25) is 4.79 Å². The lowest BCUT2D eigenvalue weighted by molar-refractivity contribution is -0.116. The van der Waals surface area contributed by atoms with Gasteiger partial charge in [0.05, 0.1) is 5.56 Å². The molecule has 1 N–H and O–H groups in total. The zero-order chi connectivity index (χ0) is 17.3. The quantitative estimate of drug-likeness (QED) is 0.459. The van der Waals surface area contributed by atoms with Gasteiger partial charge in [-0.05, 0) is 80.8 Å². The van der Waals surface area contributed by atoms with Gasteiger partial charge in [0.15, 0.2) is 5.58 Å². The fraction of sp³-hybridized carbons (Fsp3) is 0.222. The lowest BCUT2D eigenvalue weighted by Crippen LogP contribution is -2.13. The molecule has 2 aromatic carbocycles. The SMILES string of the molecule is CC(C)CC(=O)Nc1ccc2oc(-c3cc(I)ccc3Br)nc2c1. The van der Waals surface area contributed by atoms with Crippen LogP contribution in [-0.2, 0) is 4.79 Å². The first kappa shape index (κ1) is 17.4. The third-order valence-electron chi connectivity index (χ3n) is 3.42. The van der Waals surface area contributed by atoms with Crippen molar-refractivity contribution in [3.8, 4) is 11.5 Å². The van der Waals surface area contributed by atoms with Crippen LogP contribution in [0.2, 0.25) is 0 Å². The maximum Gasteiger partial charge on any atom is 0.228 e. The highest BCUT2D eigenvalue weighted by molar-refractivity contribution is 14.1. The fourth-order valence-electron chi connectivity index (χ4n) is 2.36. The summed E-state index contributed by atoms with van der Waals surface area (Å²) in [5, 5.41) is 2.90. The summed E-state index contributed by atoms with van der Waals surface area (Å²) < 4.78 is 7.89. The number of benzene rings is 2. The molecule has 1 amide bonds. The molecule has 6 heteroatoms. The van der Waals surface area contributed by atoms with Crippen molar-refractivity contribution >= 4 is 61.2 Å². The first-order valence-corrected chi connectivity index (χ1v) is 9.45. The van der Waals surface area contributed by atoms with Crippen LogP contribution in [0.25, 0.3) is 22.6 Å². The summed E-state index contributed by atoms with van der Waals surface area (Å²) in [5.74, 6) is 0.889. The van der Waals surface area contributed by atoms with Crippen LogP contribution < -0.4 is 5.32 Å². The van der Waals surface area contributed by atoms with Crippen molar-refractivity contribution in [2.75, 3.05) is 5.32 Å². The molecule has 0 aliphatic carbocycles. The standard InChI is InChI=1S/C18H16BrIN2O2/c1-10(2)7-17(23)21-12-4-6-16-15(9-12)22-18(24-16)13-8-11(20)3-5-14(13)19/h3-6,8-10H,7H2,1-2H3,(H,21,23). The molecule has 0 fully saturated rings. The average Bonchev–Trinajstić information content (AvgIpc) is 2.91. The Morgan fingerprint density at radius 1 is 1.29 bits per heavy atom. The Bertz CT molecular complexity index is 905. The Morgan fingerprint density at radius 2 is 2.08 bits per heavy atom. The maximum atomic E-state index is 11.9. The van der Waals surface area contributed by atoms with E-state index in [4.69, 9.17) is 4.42 Å². The minimum atomic E-state index is 0.00780. The normalized spacial score (nSPS) is 11.2. The van der Waals surface area contributed by atoms with Gasteiger partial charge < -0.3 is 9.73 Å². The Labute approximate surface area is 162 Å². The van der Waals surface area contributed by atoms with Crippen molar-refractivity contribution in [1.82, 2.24) is 4.98 Å². The summed E-state index contributed by atoms with van der Waals surface area (Å²) in [5.41, 5.74) is 3.05. The second-order valence-corrected chi connectivity index (χ2v) is 8.07. The zero-order valence-electron chi connectivity index (χ0n) is 13.3. The second kappa shape index (κ2) is 7.23. The van der Waals surface area contributed by atoms with Gasteiger partial charge in [0, 0.05) is 20.2 Å². The molecule has 24 heavy (non-hydrogen) atoms. The summed E-state index contributed by atoms with van der Waals surface area (Å²) in [4.78, 5) is 16.5. The van der Waals surface area contributed by atoms with Gasteiger partial charge in [-0.1, -0.05) is 13.8 Å². The van der Waals surface area contributed by atoms with E-state index in [0.29, 0.717) is 23.8 Å². The molecule has 0 radical (unpaired) electrons. The van der Waals surface area contributed by atoms with Crippen LogP contribution in [0.15, 0.2) is 45.3 Å². The number of halogens is 2. The minimum absolute atomic E-state index is 0.00780. The molecule has 0 unspecified atom stereocenters. The summed E-state index contributed by atoms with van der Waals surface area (Å²) in [6.07, 6.45) is 0.498. The molecule has 124 valence electrons. The molecule has 1 aromatic heterocycles. The smallest absolute Gasteiger partial charge is 0.228 e. The maximum absolute atomic E-state index is 11.9. The van der Waals surface area contributed by atoms with Gasteiger partial charge in [0.1, 0.15) is 5.52 Å². The summed E-state index contributed by atoms with van der Waals surface area (Å²) in [6.45, 7) is 4.04. The number of nitrogens with zero attached hydrogens (tertiary/aromatic N) is 1. The third-order valence-corrected chi connectivity index (χ3v) is 4.79.